The summed E-state index contributed by atoms with van der Waals surface area (Å²) in [5, 5.41) is 9.99. The van der Waals surface area contributed by atoms with E-state index in [-0.39, 0.29) is 30.8 Å². The van der Waals surface area contributed by atoms with Crippen LogP contribution in [0.5, 0.6) is 0 Å². The summed E-state index contributed by atoms with van der Waals surface area (Å²) in [6.07, 6.45) is 2.19. The van der Waals surface area contributed by atoms with Gasteiger partial charge in [-0.15, -0.1) is 5.10 Å². The average molecular weight is 383 g/mol. The largest absolute Gasteiger partial charge is 0.338 e. The van der Waals surface area contributed by atoms with Crippen molar-refractivity contribution in [3.8, 4) is 0 Å². The summed E-state index contributed by atoms with van der Waals surface area (Å²) in [5.41, 5.74) is 1.86. The molecule has 0 saturated heterocycles. The quantitative estimate of drug-likeness (QED) is 0.750. The molecular formula is C20H25N5O3. The van der Waals surface area contributed by atoms with E-state index in [4.69, 9.17) is 0 Å². The number of fused-ring (bicyclic) bond motifs is 1. The van der Waals surface area contributed by atoms with Gasteiger partial charge in [0.2, 0.25) is 5.91 Å². The van der Waals surface area contributed by atoms with Crippen molar-refractivity contribution in [1.82, 2.24) is 20.0 Å². The lowest BCUT2D eigenvalue weighted by Crippen LogP contribution is -2.37. The van der Waals surface area contributed by atoms with Gasteiger partial charge in [-0.1, -0.05) is 38.5 Å². The van der Waals surface area contributed by atoms with E-state index in [0.29, 0.717) is 35.7 Å². The van der Waals surface area contributed by atoms with Gasteiger partial charge in [0.05, 0.1) is 18.8 Å². The number of rotatable bonds is 6. The van der Waals surface area contributed by atoms with Gasteiger partial charge in [0, 0.05) is 24.1 Å². The molecule has 3 rings (SSSR count). The fraction of sp³-hybridized carbons (Fsp3) is 0.400. The second kappa shape index (κ2) is 8.69. The zero-order valence-corrected chi connectivity index (χ0v) is 16.2. The number of amides is 3. The number of carbonyl (C=O) groups is 3. The molecule has 8 nitrogen and oxygen atoms in total. The maximum absolute atomic E-state index is 12.5. The summed E-state index contributed by atoms with van der Waals surface area (Å²) >= 11 is 0. The molecule has 0 fully saturated rings. The molecule has 1 aromatic heterocycles. The van der Waals surface area contributed by atoms with Crippen molar-refractivity contribution in [3.63, 3.8) is 0 Å². The Labute approximate surface area is 163 Å². The third kappa shape index (κ3) is 4.05. The van der Waals surface area contributed by atoms with Gasteiger partial charge in [-0.25, -0.2) is 9.48 Å². The first kappa shape index (κ1) is 19.6. The van der Waals surface area contributed by atoms with Gasteiger partial charge in [0.1, 0.15) is 0 Å². The molecule has 2 heterocycles. The molecule has 2 N–H and O–H groups in total. The number of hydrogen-bond acceptors (Lipinski definition) is 4. The van der Waals surface area contributed by atoms with Crippen molar-refractivity contribution in [2.24, 2.45) is 0 Å². The number of nitrogens with zero attached hydrogens (tertiary/aromatic N) is 3. The second-order valence-electron chi connectivity index (χ2n) is 6.69. The van der Waals surface area contributed by atoms with Crippen molar-refractivity contribution >= 4 is 23.7 Å². The van der Waals surface area contributed by atoms with Gasteiger partial charge in [-0.3, -0.25) is 9.59 Å². The van der Waals surface area contributed by atoms with E-state index in [1.54, 1.807) is 36.1 Å². The van der Waals surface area contributed by atoms with E-state index >= 15 is 0 Å². The van der Waals surface area contributed by atoms with Crippen LogP contribution in [0, 0.1) is 0 Å². The predicted molar refractivity (Wildman–Crippen MR) is 105 cm³/mol. The first-order valence-electron chi connectivity index (χ1n) is 9.58. The van der Waals surface area contributed by atoms with E-state index in [2.05, 4.69) is 22.7 Å². The molecule has 0 radical (unpaired) electrons. The number of urea groups is 1. The molecule has 0 unspecified atom stereocenters. The van der Waals surface area contributed by atoms with Crippen LogP contribution in [0.3, 0.4) is 0 Å². The minimum Gasteiger partial charge on any atom is -0.338 e. The van der Waals surface area contributed by atoms with Gasteiger partial charge >= 0.3 is 6.03 Å². The molecule has 0 atom stereocenters. The summed E-state index contributed by atoms with van der Waals surface area (Å²) in [7, 11) is 0. The highest BCUT2D eigenvalue weighted by Crippen LogP contribution is 2.30. The maximum atomic E-state index is 12.5. The third-order valence-corrected chi connectivity index (χ3v) is 4.68. The van der Waals surface area contributed by atoms with Crippen LogP contribution in [-0.2, 0) is 13.1 Å². The molecule has 1 aliphatic rings. The average Bonchev–Trinajstić information content (AvgIpc) is 3.29. The Hall–Kier alpha value is -3.16. The van der Waals surface area contributed by atoms with Gasteiger partial charge in [0.25, 0.3) is 5.91 Å². The summed E-state index contributed by atoms with van der Waals surface area (Å²) in [6, 6.07) is 8.62. The first-order valence-corrected chi connectivity index (χ1v) is 9.58. The lowest BCUT2D eigenvalue weighted by atomic mass is 10.2. The summed E-state index contributed by atoms with van der Waals surface area (Å²) in [6.45, 7) is 5.01. The van der Waals surface area contributed by atoms with Gasteiger partial charge < -0.3 is 15.5 Å². The molecule has 3 amide bonds. The molecule has 28 heavy (non-hydrogen) atoms. The fourth-order valence-electron chi connectivity index (χ4n) is 3.09. The number of hydrogen-bond donors (Lipinski definition) is 2. The van der Waals surface area contributed by atoms with E-state index in [0.717, 1.165) is 12.8 Å². The van der Waals surface area contributed by atoms with E-state index in [1.807, 2.05) is 6.07 Å². The van der Waals surface area contributed by atoms with Crippen molar-refractivity contribution in [3.05, 3.63) is 47.2 Å². The Kier molecular flexibility index (Phi) is 6.08. The van der Waals surface area contributed by atoms with Crippen molar-refractivity contribution in [1.29, 1.82) is 0 Å². The van der Waals surface area contributed by atoms with Crippen LogP contribution < -0.4 is 10.6 Å². The number of nitrogens with one attached hydrogen (secondary N) is 2. The molecule has 0 bridgehead atoms. The highest BCUT2D eigenvalue weighted by atomic mass is 16.2. The second-order valence-corrected chi connectivity index (χ2v) is 6.69. The topological polar surface area (TPSA) is 96.3 Å². The summed E-state index contributed by atoms with van der Waals surface area (Å²) < 4.78 is 1.31. The Bertz CT molecular complexity index is 875. The zero-order valence-electron chi connectivity index (χ0n) is 16.2. The molecule has 0 saturated carbocycles. The van der Waals surface area contributed by atoms with Crippen molar-refractivity contribution < 1.29 is 14.4 Å². The highest BCUT2D eigenvalue weighted by Gasteiger charge is 2.32. The van der Waals surface area contributed by atoms with Crippen molar-refractivity contribution in [2.75, 3.05) is 11.9 Å². The Morgan fingerprint density at radius 2 is 1.86 bits per heavy atom. The Balaban J connectivity index is 1.81. The highest BCUT2D eigenvalue weighted by molar-refractivity contribution is 6.04. The first-order chi connectivity index (χ1) is 13.5. The van der Waals surface area contributed by atoms with Gasteiger partial charge in [-0.05, 0) is 18.6 Å². The lowest BCUT2D eigenvalue weighted by Gasteiger charge is -2.17. The van der Waals surface area contributed by atoms with Crippen LogP contribution in [0.25, 0.3) is 0 Å². The molecule has 0 spiro atoms. The van der Waals surface area contributed by atoms with E-state index in [1.165, 1.54) is 4.68 Å². The number of benzene rings is 1. The smallest absolute Gasteiger partial charge is 0.318 e. The molecular weight excluding hydrogens is 358 g/mol. The zero-order chi connectivity index (χ0) is 20.1. The number of carbonyl (C=O) groups excluding carboxylic acids is 3. The third-order valence-electron chi connectivity index (χ3n) is 4.68. The maximum Gasteiger partial charge on any atom is 0.318 e. The number of unbranched alkanes of at least 4 members (excludes halogenated alkanes) is 1. The standard InChI is InChI=1S/C20H25N5O3/c1-3-5-11-21-20(28)24-12-15-16(13-24)25(17(26)4-2)23-18(15)22-19(27)14-9-7-6-8-10-14/h6-10H,3-5,11-13H2,1-2H3,(H,21,28)(H,22,23,27). The minimum absolute atomic E-state index is 0.176. The SMILES string of the molecule is CCCCNC(=O)N1Cc2c(NC(=O)c3ccccc3)nn(C(=O)CC)c2C1. The molecule has 1 aliphatic heterocycles. The Morgan fingerprint density at radius 1 is 1.11 bits per heavy atom. The van der Waals surface area contributed by atoms with Gasteiger partial charge in [-0.2, -0.15) is 0 Å². The van der Waals surface area contributed by atoms with E-state index in [9.17, 15) is 14.4 Å². The molecule has 2 aromatic rings. The molecule has 1 aromatic carbocycles. The molecule has 0 aliphatic carbocycles. The Morgan fingerprint density at radius 3 is 2.54 bits per heavy atom. The molecule has 148 valence electrons. The molecule has 8 heteroatoms. The predicted octanol–water partition coefficient (Wildman–Crippen LogP) is 3.01. The van der Waals surface area contributed by atoms with Crippen LogP contribution in [0.2, 0.25) is 0 Å². The van der Waals surface area contributed by atoms with Gasteiger partial charge in [0.15, 0.2) is 5.82 Å². The lowest BCUT2D eigenvalue weighted by molar-refractivity contribution is 0.0886. The monoisotopic (exact) mass is 383 g/mol. The summed E-state index contributed by atoms with van der Waals surface area (Å²) in [4.78, 5) is 38.8. The minimum atomic E-state index is -0.303. The fourth-order valence-corrected chi connectivity index (χ4v) is 3.09. The number of anilines is 1. The normalized spacial score (nSPS) is 12.6. The number of aromatic nitrogens is 2. The summed E-state index contributed by atoms with van der Waals surface area (Å²) in [5.74, 6) is -0.151. The van der Waals surface area contributed by atoms with Crippen LogP contribution in [-0.4, -0.2) is 39.1 Å². The van der Waals surface area contributed by atoms with Crippen LogP contribution in [0.15, 0.2) is 30.3 Å². The van der Waals surface area contributed by atoms with Crippen LogP contribution in [0.1, 0.15) is 59.5 Å². The van der Waals surface area contributed by atoms with Crippen molar-refractivity contribution in [2.45, 2.75) is 46.2 Å². The van der Waals surface area contributed by atoms with E-state index < -0.39 is 0 Å². The van der Waals surface area contributed by atoms with Crippen LogP contribution >= 0.6 is 0 Å². The van der Waals surface area contributed by atoms with Crippen LogP contribution in [0.4, 0.5) is 10.6 Å².